The Hall–Kier alpha value is -3.73. The van der Waals surface area contributed by atoms with Crippen LogP contribution in [-0.4, -0.2) is 35.8 Å². The van der Waals surface area contributed by atoms with Crippen LogP contribution in [0.1, 0.15) is 19.3 Å². The number of unbranched alkanes of at least 4 members (excludes halogenated alkanes) is 1. The van der Waals surface area contributed by atoms with Crippen molar-refractivity contribution in [2.24, 2.45) is 0 Å². The number of benzene rings is 1. The lowest BCUT2D eigenvalue weighted by Crippen LogP contribution is -2.18. The molecule has 6 N–H and O–H groups in total. The van der Waals surface area contributed by atoms with E-state index < -0.39 is 5.91 Å². The minimum Gasteiger partial charge on any atom is -0.424 e. The van der Waals surface area contributed by atoms with E-state index >= 15 is 0 Å². The second-order valence-electron chi connectivity index (χ2n) is 6.26. The Balaban J connectivity index is 1.70. The first-order valence-electron chi connectivity index (χ1n) is 8.63. The Morgan fingerprint density at radius 1 is 1.25 bits per heavy atom. The second kappa shape index (κ2) is 7.12. The zero-order chi connectivity index (χ0) is 19.7. The van der Waals surface area contributed by atoms with E-state index in [1.165, 1.54) is 6.33 Å². The number of hydrogen-bond acceptors (Lipinski definition) is 9. The van der Waals surface area contributed by atoms with Crippen LogP contribution in [-0.2, 0) is 11.3 Å². The molecule has 0 unspecified atom stereocenters. The minimum atomic E-state index is -0.419. The Labute approximate surface area is 158 Å². The van der Waals surface area contributed by atoms with Crippen molar-refractivity contribution < 1.29 is 14.4 Å². The van der Waals surface area contributed by atoms with Crippen LogP contribution in [0.25, 0.3) is 33.4 Å². The Bertz CT molecular complexity index is 1170. The number of carbonyl (C=O) groups is 1. The summed E-state index contributed by atoms with van der Waals surface area (Å²) in [6.07, 6.45) is 2.88. The fourth-order valence-electron chi connectivity index (χ4n) is 3.08. The van der Waals surface area contributed by atoms with Gasteiger partial charge in [-0.1, -0.05) is 0 Å². The van der Waals surface area contributed by atoms with Crippen LogP contribution in [0.2, 0.25) is 0 Å². The Kier molecular flexibility index (Phi) is 4.49. The standard InChI is InChI=1S/C17H18N8O3/c18-15-13-14(9-4-5-11-10(7-9)22-17(19)28-11)23-25(16(13)21-8-20-15)6-2-1-3-12(26)24-27/h4-5,7-8,27H,1-3,6H2,(H2,19,22)(H,24,26)(H2,18,20,21). The first-order valence-corrected chi connectivity index (χ1v) is 8.63. The highest BCUT2D eigenvalue weighted by atomic mass is 16.5. The fraction of sp³-hybridized carbons (Fsp3) is 0.235. The SMILES string of the molecule is Nc1nc2cc(-c3nn(CCCCC(=O)NO)c4ncnc(N)c34)ccc2o1. The molecule has 0 aliphatic heterocycles. The zero-order valence-electron chi connectivity index (χ0n) is 14.8. The Morgan fingerprint density at radius 2 is 2.11 bits per heavy atom. The molecule has 11 heteroatoms. The van der Waals surface area contributed by atoms with Gasteiger partial charge in [-0.3, -0.25) is 10.0 Å². The lowest BCUT2D eigenvalue weighted by Gasteiger charge is -2.02. The van der Waals surface area contributed by atoms with E-state index in [0.29, 0.717) is 53.0 Å². The Morgan fingerprint density at radius 3 is 2.93 bits per heavy atom. The maximum absolute atomic E-state index is 11.1. The first kappa shape index (κ1) is 17.7. The van der Waals surface area contributed by atoms with E-state index in [1.54, 1.807) is 16.2 Å². The number of nitrogens with one attached hydrogen (secondary N) is 1. The van der Waals surface area contributed by atoms with Crippen molar-refractivity contribution in [3.05, 3.63) is 24.5 Å². The summed E-state index contributed by atoms with van der Waals surface area (Å²) in [7, 11) is 0. The molecule has 1 aromatic carbocycles. The maximum atomic E-state index is 11.1. The highest BCUT2D eigenvalue weighted by molar-refractivity contribution is 5.99. The number of hydrogen-bond donors (Lipinski definition) is 4. The molecule has 1 amide bonds. The molecule has 0 saturated heterocycles. The van der Waals surface area contributed by atoms with Gasteiger partial charge in [0, 0.05) is 18.5 Å². The van der Waals surface area contributed by atoms with Gasteiger partial charge in [-0.05, 0) is 31.0 Å². The molecule has 0 fully saturated rings. The summed E-state index contributed by atoms with van der Waals surface area (Å²) in [5, 5.41) is 13.9. The molecule has 0 spiro atoms. The van der Waals surface area contributed by atoms with E-state index in [-0.39, 0.29) is 12.4 Å². The van der Waals surface area contributed by atoms with Gasteiger partial charge in [0.2, 0.25) is 5.91 Å². The van der Waals surface area contributed by atoms with Crippen LogP contribution in [0.4, 0.5) is 11.8 Å². The van der Waals surface area contributed by atoms with Crippen molar-refractivity contribution in [3.63, 3.8) is 0 Å². The van der Waals surface area contributed by atoms with Crippen LogP contribution in [0, 0.1) is 0 Å². The van der Waals surface area contributed by atoms with Crippen LogP contribution in [0.5, 0.6) is 0 Å². The number of carbonyl (C=O) groups excluding carboxylic acids is 1. The lowest BCUT2D eigenvalue weighted by molar-refractivity contribution is -0.129. The molecule has 4 aromatic rings. The summed E-state index contributed by atoms with van der Waals surface area (Å²) in [4.78, 5) is 23.7. The molecule has 28 heavy (non-hydrogen) atoms. The molecule has 0 atom stereocenters. The fourth-order valence-corrected chi connectivity index (χ4v) is 3.08. The number of oxazole rings is 1. The largest absolute Gasteiger partial charge is 0.424 e. The summed E-state index contributed by atoms with van der Waals surface area (Å²) in [6.45, 7) is 0.533. The summed E-state index contributed by atoms with van der Waals surface area (Å²) < 4.78 is 7.05. The number of aromatic nitrogens is 5. The molecule has 0 bridgehead atoms. The summed E-state index contributed by atoms with van der Waals surface area (Å²) in [5.41, 5.74) is 16.5. The predicted octanol–water partition coefficient (Wildman–Crippen LogP) is 1.47. The summed E-state index contributed by atoms with van der Waals surface area (Å²) >= 11 is 0. The van der Waals surface area contributed by atoms with E-state index in [1.807, 2.05) is 12.1 Å². The molecule has 3 heterocycles. The molecule has 0 aliphatic rings. The maximum Gasteiger partial charge on any atom is 0.292 e. The highest BCUT2D eigenvalue weighted by Gasteiger charge is 2.18. The number of rotatable bonds is 6. The van der Waals surface area contributed by atoms with Crippen LogP contribution in [0.15, 0.2) is 28.9 Å². The number of aryl methyl sites for hydroxylation is 1. The monoisotopic (exact) mass is 382 g/mol. The molecular formula is C17H18N8O3. The predicted molar refractivity (Wildman–Crippen MR) is 101 cm³/mol. The number of nitrogens with two attached hydrogens (primary N) is 2. The van der Waals surface area contributed by atoms with Crippen LogP contribution < -0.4 is 16.9 Å². The summed E-state index contributed by atoms with van der Waals surface area (Å²) in [5.74, 6) is -0.0940. The van der Waals surface area contributed by atoms with Crippen molar-refractivity contribution in [2.75, 3.05) is 11.5 Å². The van der Waals surface area contributed by atoms with Gasteiger partial charge in [-0.15, -0.1) is 0 Å². The van der Waals surface area contributed by atoms with Crippen molar-refractivity contribution in [3.8, 4) is 11.3 Å². The van der Waals surface area contributed by atoms with Crippen molar-refractivity contribution >= 4 is 39.9 Å². The number of nitrogen functional groups attached to an aromatic ring is 2. The van der Waals surface area contributed by atoms with E-state index in [0.717, 1.165) is 5.56 Å². The number of amides is 1. The molecule has 3 aromatic heterocycles. The third-order valence-corrected chi connectivity index (χ3v) is 4.38. The second-order valence-corrected chi connectivity index (χ2v) is 6.26. The van der Waals surface area contributed by atoms with E-state index in [4.69, 9.17) is 21.1 Å². The minimum absolute atomic E-state index is 0.0947. The van der Waals surface area contributed by atoms with Gasteiger partial charge in [-0.25, -0.2) is 20.1 Å². The molecular weight excluding hydrogens is 364 g/mol. The molecule has 11 nitrogen and oxygen atoms in total. The van der Waals surface area contributed by atoms with E-state index in [9.17, 15) is 4.79 Å². The van der Waals surface area contributed by atoms with Gasteiger partial charge in [0.05, 0.1) is 5.39 Å². The number of fused-ring (bicyclic) bond motifs is 2. The van der Waals surface area contributed by atoms with Crippen LogP contribution >= 0.6 is 0 Å². The molecule has 0 radical (unpaired) electrons. The molecule has 0 aliphatic carbocycles. The van der Waals surface area contributed by atoms with Gasteiger partial charge >= 0.3 is 0 Å². The van der Waals surface area contributed by atoms with Crippen molar-refractivity contribution in [1.29, 1.82) is 0 Å². The smallest absolute Gasteiger partial charge is 0.292 e. The molecule has 4 rings (SSSR count). The van der Waals surface area contributed by atoms with E-state index in [2.05, 4.69) is 20.1 Å². The van der Waals surface area contributed by atoms with Crippen molar-refractivity contribution in [1.82, 2.24) is 30.2 Å². The summed E-state index contributed by atoms with van der Waals surface area (Å²) in [6, 6.07) is 5.53. The van der Waals surface area contributed by atoms with Gasteiger partial charge in [0.25, 0.3) is 6.01 Å². The quantitative estimate of drug-likeness (QED) is 0.219. The normalized spacial score (nSPS) is 11.3. The van der Waals surface area contributed by atoms with Gasteiger partial charge in [0.1, 0.15) is 23.4 Å². The number of hydroxylamine groups is 1. The molecule has 0 saturated carbocycles. The van der Waals surface area contributed by atoms with Crippen molar-refractivity contribution in [2.45, 2.75) is 25.8 Å². The van der Waals surface area contributed by atoms with Gasteiger partial charge < -0.3 is 15.9 Å². The van der Waals surface area contributed by atoms with Gasteiger partial charge in [-0.2, -0.15) is 10.1 Å². The number of nitrogens with zero attached hydrogens (tertiary/aromatic N) is 5. The third kappa shape index (κ3) is 3.18. The zero-order valence-corrected chi connectivity index (χ0v) is 14.8. The van der Waals surface area contributed by atoms with Gasteiger partial charge in [0.15, 0.2) is 11.2 Å². The average molecular weight is 382 g/mol. The topological polar surface area (TPSA) is 171 Å². The third-order valence-electron chi connectivity index (χ3n) is 4.38. The highest BCUT2D eigenvalue weighted by Crippen LogP contribution is 2.32. The lowest BCUT2D eigenvalue weighted by atomic mass is 10.1. The number of anilines is 2. The molecule has 144 valence electrons. The first-order chi connectivity index (χ1) is 13.6. The average Bonchev–Trinajstić information content (AvgIpc) is 3.24. The van der Waals surface area contributed by atoms with Crippen LogP contribution in [0.3, 0.4) is 0 Å².